The van der Waals surface area contributed by atoms with Crippen molar-refractivity contribution >= 4 is 10.9 Å². The van der Waals surface area contributed by atoms with Crippen molar-refractivity contribution < 1.29 is 14.2 Å². The van der Waals surface area contributed by atoms with Gasteiger partial charge < -0.3 is 18.8 Å². The maximum atomic E-state index is 13.5. The van der Waals surface area contributed by atoms with E-state index in [9.17, 15) is 4.79 Å². The van der Waals surface area contributed by atoms with Gasteiger partial charge in [-0.1, -0.05) is 43.9 Å². The highest BCUT2D eigenvalue weighted by Gasteiger charge is 2.19. The Morgan fingerprint density at radius 1 is 1.00 bits per heavy atom. The maximum Gasteiger partial charge on any atom is 0.297 e. The third kappa shape index (κ3) is 7.69. The Balaban J connectivity index is 2.38. The summed E-state index contributed by atoms with van der Waals surface area (Å²) in [7, 11) is 1.59. The molecule has 0 radical (unpaired) electrons. The summed E-state index contributed by atoms with van der Waals surface area (Å²) >= 11 is 0. The van der Waals surface area contributed by atoms with E-state index in [0.29, 0.717) is 25.5 Å². The van der Waals surface area contributed by atoms with Gasteiger partial charge in [-0.25, -0.2) is 0 Å². The van der Waals surface area contributed by atoms with Crippen LogP contribution in [0.4, 0.5) is 0 Å². The fraction of sp³-hybridized carbons (Fsp3) is 0.536. The number of hydrogen-bond donors (Lipinski definition) is 0. The molecule has 0 unspecified atom stereocenters. The van der Waals surface area contributed by atoms with E-state index in [1.807, 2.05) is 24.3 Å². The number of aryl methyl sites for hydroxylation is 1. The zero-order chi connectivity index (χ0) is 24.2. The lowest BCUT2D eigenvalue weighted by atomic mass is 10.1. The van der Waals surface area contributed by atoms with Crippen LogP contribution in [0.15, 0.2) is 46.3 Å². The Kier molecular flexibility index (Phi) is 11.1. The Morgan fingerprint density at radius 3 is 2.42 bits per heavy atom. The summed E-state index contributed by atoms with van der Waals surface area (Å²) in [5.41, 5.74) is 3.23. The van der Waals surface area contributed by atoms with E-state index in [0.717, 1.165) is 55.2 Å². The van der Waals surface area contributed by atoms with Crippen molar-refractivity contribution in [2.24, 2.45) is 0 Å². The Hall–Kier alpha value is -2.69. The van der Waals surface area contributed by atoms with Crippen LogP contribution < -0.4 is 19.8 Å². The molecule has 0 saturated heterocycles. The van der Waals surface area contributed by atoms with Crippen LogP contribution in [0.3, 0.4) is 0 Å². The van der Waals surface area contributed by atoms with Gasteiger partial charge >= 0.3 is 0 Å². The van der Waals surface area contributed by atoms with E-state index in [2.05, 4.69) is 40.7 Å². The molecule has 0 N–H and O–H groups in total. The van der Waals surface area contributed by atoms with E-state index < -0.39 is 0 Å². The van der Waals surface area contributed by atoms with Gasteiger partial charge in [0.15, 0.2) is 5.75 Å². The number of nitrogens with zero attached hydrogens (tertiary/aromatic N) is 1. The lowest BCUT2D eigenvalue weighted by molar-refractivity contribution is 0.309. The molecule has 0 saturated carbocycles. The van der Waals surface area contributed by atoms with Crippen molar-refractivity contribution in [1.82, 2.24) is 4.57 Å². The third-order valence-corrected chi connectivity index (χ3v) is 5.61. The van der Waals surface area contributed by atoms with Crippen LogP contribution in [-0.2, 0) is 6.54 Å². The molecule has 33 heavy (non-hydrogen) atoms. The summed E-state index contributed by atoms with van der Waals surface area (Å²) in [4.78, 5) is 13.5. The standard InChI is InChI=1S/C28H41NO4/c1-7-9-17-29-25-20-23(32-18-10-8-2)14-15-24(25)26(31-6)27(28(29)30)33-19-16-22(5)13-11-12-21(3)4/h12,14-16,20H,7-11,13,17-19H2,1-6H3/b22-16+. The molecule has 1 aromatic heterocycles. The number of aromatic nitrogens is 1. The monoisotopic (exact) mass is 455 g/mol. The largest absolute Gasteiger partial charge is 0.494 e. The molecule has 182 valence electrons. The quantitative estimate of drug-likeness (QED) is 0.226. The van der Waals surface area contributed by atoms with Gasteiger partial charge in [-0.2, -0.15) is 0 Å². The molecule has 2 aromatic rings. The Labute approximate surface area is 199 Å². The highest BCUT2D eigenvalue weighted by molar-refractivity contribution is 5.89. The van der Waals surface area contributed by atoms with Gasteiger partial charge in [0, 0.05) is 18.0 Å². The number of fused-ring (bicyclic) bond motifs is 1. The minimum atomic E-state index is -0.158. The summed E-state index contributed by atoms with van der Waals surface area (Å²) in [6.45, 7) is 12.2. The molecular weight excluding hydrogens is 414 g/mol. The number of ether oxygens (including phenoxy) is 3. The van der Waals surface area contributed by atoms with E-state index in [1.54, 1.807) is 11.7 Å². The molecule has 0 atom stereocenters. The van der Waals surface area contributed by atoms with Gasteiger partial charge in [0.2, 0.25) is 5.75 Å². The second-order valence-corrected chi connectivity index (χ2v) is 8.74. The van der Waals surface area contributed by atoms with Crippen LogP contribution in [0.25, 0.3) is 10.9 Å². The Morgan fingerprint density at radius 2 is 1.76 bits per heavy atom. The molecule has 0 spiro atoms. The number of rotatable bonds is 14. The number of hydrogen-bond acceptors (Lipinski definition) is 4. The second-order valence-electron chi connectivity index (χ2n) is 8.74. The van der Waals surface area contributed by atoms with E-state index in [4.69, 9.17) is 14.2 Å². The number of benzene rings is 1. The fourth-order valence-corrected chi connectivity index (χ4v) is 3.63. The molecule has 0 aliphatic heterocycles. The normalized spacial score (nSPS) is 11.5. The van der Waals surface area contributed by atoms with Gasteiger partial charge in [-0.15, -0.1) is 0 Å². The van der Waals surface area contributed by atoms with E-state index in [1.165, 1.54) is 11.1 Å². The van der Waals surface area contributed by atoms with Crippen LogP contribution in [-0.4, -0.2) is 24.9 Å². The number of allylic oxidation sites excluding steroid dienone is 3. The number of unbranched alkanes of at least 4 members (excludes halogenated alkanes) is 2. The van der Waals surface area contributed by atoms with Gasteiger partial charge in [0.1, 0.15) is 12.4 Å². The summed E-state index contributed by atoms with van der Waals surface area (Å²) < 4.78 is 19.4. The lowest BCUT2D eigenvalue weighted by Crippen LogP contribution is -2.24. The van der Waals surface area contributed by atoms with Crippen molar-refractivity contribution in [3.05, 3.63) is 51.9 Å². The summed E-state index contributed by atoms with van der Waals surface area (Å²) in [6.07, 6.45) is 10.2. The first-order valence-electron chi connectivity index (χ1n) is 12.2. The van der Waals surface area contributed by atoms with Crippen LogP contribution in [0.5, 0.6) is 17.2 Å². The average molecular weight is 456 g/mol. The first kappa shape index (κ1) is 26.6. The molecule has 0 aliphatic rings. The summed E-state index contributed by atoms with van der Waals surface area (Å²) in [5, 5.41) is 0.857. The topological polar surface area (TPSA) is 49.7 Å². The molecule has 1 heterocycles. The molecule has 1 aromatic carbocycles. The van der Waals surface area contributed by atoms with Gasteiger partial charge in [-0.3, -0.25) is 4.79 Å². The zero-order valence-corrected chi connectivity index (χ0v) is 21.3. The number of methoxy groups -OCH3 is 1. The van der Waals surface area contributed by atoms with Gasteiger partial charge in [0.25, 0.3) is 5.56 Å². The summed E-state index contributed by atoms with van der Waals surface area (Å²) in [5.74, 6) is 1.53. The fourth-order valence-electron chi connectivity index (χ4n) is 3.63. The van der Waals surface area contributed by atoms with Crippen molar-refractivity contribution in [2.45, 2.75) is 79.7 Å². The van der Waals surface area contributed by atoms with Crippen LogP contribution in [0, 0.1) is 0 Å². The summed E-state index contributed by atoms with van der Waals surface area (Å²) in [6, 6.07) is 5.85. The van der Waals surface area contributed by atoms with Crippen LogP contribution in [0.1, 0.15) is 73.1 Å². The van der Waals surface area contributed by atoms with Crippen molar-refractivity contribution in [3.63, 3.8) is 0 Å². The molecule has 5 nitrogen and oxygen atoms in total. The van der Waals surface area contributed by atoms with Gasteiger partial charge in [0.05, 0.1) is 19.2 Å². The van der Waals surface area contributed by atoms with Crippen molar-refractivity contribution in [2.75, 3.05) is 20.3 Å². The predicted molar refractivity (Wildman–Crippen MR) is 138 cm³/mol. The predicted octanol–water partition coefficient (Wildman–Crippen LogP) is 7.06. The van der Waals surface area contributed by atoms with Gasteiger partial charge in [-0.05, 0) is 64.7 Å². The highest BCUT2D eigenvalue weighted by atomic mass is 16.5. The van der Waals surface area contributed by atoms with Crippen molar-refractivity contribution in [1.29, 1.82) is 0 Å². The Bertz CT molecular complexity index is 1010. The first-order valence-corrected chi connectivity index (χ1v) is 12.2. The van der Waals surface area contributed by atoms with Crippen molar-refractivity contribution in [3.8, 4) is 17.2 Å². The minimum Gasteiger partial charge on any atom is -0.494 e. The maximum absolute atomic E-state index is 13.5. The van der Waals surface area contributed by atoms with E-state index >= 15 is 0 Å². The van der Waals surface area contributed by atoms with Crippen LogP contribution in [0.2, 0.25) is 0 Å². The minimum absolute atomic E-state index is 0.158. The molecule has 2 rings (SSSR count). The SMILES string of the molecule is CCCCOc1ccc2c(OC)c(OC/C=C(\C)CCC=C(C)C)c(=O)n(CCCC)c2c1. The third-order valence-electron chi connectivity index (χ3n) is 5.61. The zero-order valence-electron chi connectivity index (χ0n) is 21.3. The van der Waals surface area contributed by atoms with E-state index in [-0.39, 0.29) is 11.3 Å². The van der Waals surface area contributed by atoms with Crippen LogP contribution >= 0.6 is 0 Å². The average Bonchev–Trinajstić information content (AvgIpc) is 2.79. The smallest absolute Gasteiger partial charge is 0.297 e. The lowest BCUT2D eigenvalue weighted by Gasteiger charge is -2.18. The highest BCUT2D eigenvalue weighted by Crippen LogP contribution is 2.34. The second kappa shape index (κ2) is 13.8. The molecule has 0 bridgehead atoms. The molecular formula is C28H41NO4. The molecule has 0 fully saturated rings. The number of pyridine rings is 1. The molecule has 0 amide bonds. The first-order chi connectivity index (χ1) is 15.9. The molecule has 0 aliphatic carbocycles. The molecule has 5 heteroatoms.